The molecule has 0 saturated heterocycles. The van der Waals surface area contributed by atoms with Crippen LogP contribution in [0.1, 0.15) is 28.4 Å². The Balaban J connectivity index is 2.08. The van der Waals surface area contributed by atoms with Crippen LogP contribution in [0.3, 0.4) is 0 Å². The lowest BCUT2D eigenvalue weighted by Crippen LogP contribution is -2.36. The normalized spacial score (nSPS) is 11.3. The molecule has 0 aliphatic heterocycles. The van der Waals surface area contributed by atoms with E-state index in [1.165, 1.54) is 6.07 Å². The first-order chi connectivity index (χ1) is 13.2. The highest BCUT2D eigenvalue weighted by Crippen LogP contribution is 2.14. The third kappa shape index (κ3) is 6.47. The van der Waals surface area contributed by atoms with Gasteiger partial charge in [0.2, 0.25) is 15.9 Å². The van der Waals surface area contributed by atoms with Crippen LogP contribution in [0, 0.1) is 6.92 Å². The van der Waals surface area contributed by atoms with Crippen molar-refractivity contribution in [2.45, 2.75) is 20.4 Å². The van der Waals surface area contributed by atoms with E-state index >= 15 is 0 Å². The Labute approximate surface area is 165 Å². The van der Waals surface area contributed by atoms with Crippen LogP contribution < -0.4 is 5.32 Å². The number of anilines is 1. The molecule has 0 saturated carbocycles. The second-order valence-electron chi connectivity index (χ2n) is 6.37. The predicted octanol–water partition coefficient (Wildman–Crippen LogP) is 2.57. The van der Waals surface area contributed by atoms with Gasteiger partial charge in [0.15, 0.2) is 0 Å². The SMILES string of the molecule is CCOC(=O)c1cccc(NC(=O)CN(Cc2ccc(C)cc2)S(C)(=O)=O)c1. The largest absolute Gasteiger partial charge is 0.462 e. The molecular formula is C20H24N2O5S. The topological polar surface area (TPSA) is 92.8 Å². The summed E-state index contributed by atoms with van der Waals surface area (Å²) in [5, 5.41) is 2.62. The molecule has 0 aliphatic carbocycles. The van der Waals surface area contributed by atoms with Crippen molar-refractivity contribution in [2.24, 2.45) is 0 Å². The second kappa shape index (κ2) is 9.48. The number of benzene rings is 2. The lowest BCUT2D eigenvalue weighted by atomic mass is 10.1. The summed E-state index contributed by atoms with van der Waals surface area (Å²) in [6.07, 6.45) is 1.07. The number of amides is 1. The van der Waals surface area contributed by atoms with Gasteiger partial charge in [0, 0.05) is 12.2 Å². The zero-order chi connectivity index (χ0) is 20.7. The van der Waals surface area contributed by atoms with Gasteiger partial charge in [-0.1, -0.05) is 35.9 Å². The third-order valence-electron chi connectivity index (χ3n) is 3.93. The highest BCUT2D eigenvalue weighted by Gasteiger charge is 2.21. The molecule has 0 unspecified atom stereocenters. The van der Waals surface area contributed by atoms with Gasteiger partial charge in [-0.2, -0.15) is 4.31 Å². The van der Waals surface area contributed by atoms with Crippen molar-refractivity contribution in [2.75, 3.05) is 24.7 Å². The number of nitrogens with zero attached hydrogens (tertiary/aromatic N) is 1. The summed E-state index contributed by atoms with van der Waals surface area (Å²) >= 11 is 0. The van der Waals surface area contributed by atoms with Gasteiger partial charge < -0.3 is 10.1 Å². The molecule has 1 amide bonds. The summed E-state index contributed by atoms with van der Waals surface area (Å²) in [7, 11) is -3.59. The molecule has 2 aromatic rings. The molecule has 2 aromatic carbocycles. The highest BCUT2D eigenvalue weighted by molar-refractivity contribution is 7.88. The van der Waals surface area contributed by atoms with Crippen LogP contribution in [0.5, 0.6) is 0 Å². The first-order valence-corrected chi connectivity index (χ1v) is 10.6. The minimum absolute atomic E-state index is 0.0927. The molecule has 0 radical (unpaired) electrons. The quantitative estimate of drug-likeness (QED) is 0.683. The number of ether oxygens (including phenoxy) is 1. The number of hydrogen-bond acceptors (Lipinski definition) is 5. The van der Waals surface area contributed by atoms with Gasteiger partial charge in [-0.3, -0.25) is 4.79 Å². The molecule has 7 nitrogen and oxygen atoms in total. The number of nitrogens with one attached hydrogen (secondary N) is 1. The van der Waals surface area contributed by atoms with Crippen molar-refractivity contribution in [3.05, 3.63) is 65.2 Å². The molecule has 0 aromatic heterocycles. The lowest BCUT2D eigenvalue weighted by molar-refractivity contribution is -0.116. The van der Waals surface area contributed by atoms with Crippen LogP contribution in [-0.4, -0.2) is 44.0 Å². The molecule has 1 N–H and O–H groups in total. The molecular weight excluding hydrogens is 380 g/mol. The Morgan fingerprint density at radius 3 is 2.39 bits per heavy atom. The summed E-state index contributed by atoms with van der Waals surface area (Å²) < 4.78 is 30.2. The molecule has 28 heavy (non-hydrogen) atoms. The van der Waals surface area contributed by atoms with Crippen LogP contribution in [0.2, 0.25) is 0 Å². The molecule has 2 rings (SSSR count). The van der Waals surface area contributed by atoms with Gasteiger partial charge in [0.05, 0.1) is 25.0 Å². The Morgan fingerprint density at radius 1 is 1.11 bits per heavy atom. The Hall–Kier alpha value is -2.71. The van der Waals surface area contributed by atoms with Gasteiger partial charge in [-0.05, 0) is 37.6 Å². The van der Waals surface area contributed by atoms with E-state index in [0.29, 0.717) is 11.3 Å². The molecule has 0 heterocycles. The molecule has 150 valence electrons. The average Bonchev–Trinajstić information content (AvgIpc) is 2.62. The molecule has 0 spiro atoms. The van der Waals surface area contributed by atoms with Gasteiger partial charge in [-0.25, -0.2) is 13.2 Å². The number of hydrogen-bond donors (Lipinski definition) is 1. The molecule has 8 heteroatoms. The summed E-state index contributed by atoms with van der Waals surface area (Å²) in [5.41, 5.74) is 2.54. The van der Waals surface area contributed by atoms with Crippen LogP contribution in [0.4, 0.5) is 5.69 Å². The Morgan fingerprint density at radius 2 is 1.79 bits per heavy atom. The second-order valence-corrected chi connectivity index (χ2v) is 8.35. The van der Waals surface area contributed by atoms with E-state index in [1.807, 2.05) is 31.2 Å². The fourth-order valence-corrected chi connectivity index (χ4v) is 3.22. The number of carbonyl (C=O) groups is 2. The monoisotopic (exact) mass is 404 g/mol. The van der Waals surface area contributed by atoms with Crippen LogP contribution in [0.25, 0.3) is 0 Å². The fourth-order valence-electron chi connectivity index (χ4n) is 2.49. The summed E-state index contributed by atoms with van der Waals surface area (Å²) in [4.78, 5) is 24.2. The molecule has 0 atom stereocenters. The van der Waals surface area contributed by atoms with Gasteiger partial charge in [0.25, 0.3) is 0 Å². The maximum atomic E-state index is 12.4. The van der Waals surface area contributed by atoms with Gasteiger partial charge >= 0.3 is 5.97 Å². The average molecular weight is 404 g/mol. The van der Waals surface area contributed by atoms with E-state index in [1.54, 1.807) is 25.1 Å². The van der Waals surface area contributed by atoms with E-state index < -0.39 is 21.9 Å². The smallest absolute Gasteiger partial charge is 0.338 e. The standard InChI is InChI=1S/C20H24N2O5S/c1-4-27-20(24)17-6-5-7-18(12-17)21-19(23)14-22(28(3,25)26)13-16-10-8-15(2)9-11-16/h5-12H,4,13-14H2,1-3H3,(H,21,23). The highest BCUT2D eigenvalue weighted by atomic mass is 32.2. The predicted molar refractivity (Wildman–Crippen MR) is 107 cm³/mol. The third-order valence-corrected chi connectivity index (χ3v) is 5.12. The van der Waals surface area contributed by atoms with Gasteiger partial charge in [0.1, 0.15) is 0 Å². The van der Waals surface area contributed by atoms with Crippen molar-refractivity contribution < 1.29 is 22.7 Å². The van der Waals surface area contributed by atoms with E-state index in [-0.39, 0.29) is 19.7 Å². The van der Waals surface area contributed by atoms with E-state index in [4.69, 9.17) is 4.74 Å². The summed E-state index contributed by atoms with van der Waals surface area (Å²) in [5.74, 6) is -0.991. The van der Waals surface area contributed by atoms with Crippen molar-refractivity contribution in [3.63, 3.8) is 0 Å². The summed E-state index contributed by atoms with van der Waals surface area (Å²) in [6.45, 7) is 3.65. The van der Waals surface area contributed by atoms with E-state index in [0.717, 1.165) is 21.7 Å². The van der Waals surface area contributed by atoms with Crippen LogP contribution >= 0.6 is 0 Å². The minimum atomic E-state index is -3.59. The van der Waals surface area contributed by atoms with Crippen LogP contribution in [0.15, 0.2) is 48.5 Å². The fraction of sp³-hybridized carbons (Fsp3) is 0.300. The molecule has 0 aliphatic rings. The van der Waals surface area contributed by atoms with Crippen molar-refractivity contribution in [1.29, 1.82) is 0 Å². The number of esters is 1. The lowest BCUT2D eigenvalue weighted by Gasteiger charge is -2.20. The van der Waals surface area contributed by atoms with E-state index in [2.05, 4.69) is 5.32 Å². The summed E-state index contributed by atoms with van der Waals surface area (Å²) in [6, 6.07) is 13.7. The zero-order valence-corrected chi connectivity index (χ0v) is 17.0. The number of sulfonamides is 1. The zero-order valence-electron chi connectivity index (χ0n) is 16.1. The minimum Gasteiger partial charge on any atom is -0.462 e. The first-order valence-electron chi connectivity index (χ1n) is 8.76. The first kappa shape index (κ1) is 21.6. The Kier molecular flexibility index (Phi) is 7.31. The number of carbonyl (C=O) groups excluding carboxylic acids is 2. The van der Waals surface area contributed by atoms with E-state index in [9.17, 15) is 18.0 Å². The number of rotatable bonds is 8. The molecule has 0 bridgehead atoms. The van der Waals surface area contributed by atoms with Gasteiger partial charge in [-0.15, -0.1) is 0 Å². The maximum Gasteiger partial charge on any atom is 0.338 e. The van der Waals surface area contributed by atoms with Crippen molar-refractivity contribution in [3.8, 4) is 0 Å². The van der Waals surface area contributed by atoms with Crippen molar-refractivity contribution >= 4 is 27.6 Å². The van der Waals surface area contributed by atoms with Crippen molar-refractivity contribution in [1.82, 2.24) is 4.31 Å². The van der Waals surface area contributed by atoms with Crippen LogP contribution in [-0.2, 0) is 26.1 Å². The molecule has 0 fully saturated rings. The maximum absolute atomic E-state index is 12.4. The number of aryl methyl sites for hydroxylation is 1. The Bertz CT molecular complexity index is 939.